The molecule has 1 aliphatic carbocycles. The second-order valence-electron chi connectivity index (χ2n) is 12.6. The molecule has 0 radical (unpaired) electrons. The van der Waals surface area contributed by atoms with Crippen molar-refractivity contribution >= 4 is 12.0 Å². The number of carbonyl (C=O) groups excluding carboxylic acids is 2. The van der Waals surface area contributed by atoms with Gasteiger partial charge in [-0.05, 0) is 119 Å². The predicted octanol–water partition coefficient (Wildman–Crippen LogP) is 2.09. The Labute approximate surface area is 288 Å². The van der Waals surface area contributed by atoms with Crippen LogP contribution in [0.1, 0.15) is 60.8 Å². The largest absolute Gasteiger partial charge is 0.502 e. The van der Waals surface area contributed by atoms with Gasteiger partial charge in [0.2, 0.25) is 12.5 Å². The molecule has 0 saturated carbocycles. The molecule has 14 heteroatoms. The molecule has 0 aromatic heterocycles. The topological polar surface area (TPSA) is 187 Å². The first-order valence-corrected chi connectivity index (χ1v) is 17.4. The maximum Gasteiger partial charge on any atom is 0.315 e. The lowest BCUT2D eigenvalue weighted by Crippen LogP contribution is -2.46. The van der Waals surface area contributed by atoms with Gasteiger partial charge >= 0.3 is 12.0 Å². The van der Waals surface area contributed by atoms with Crippen molar-refractivity contribution in [1.29, 1.82) is 0 Å². The van der Waals surface area contributed by atoms with Gasteiger partial charge in [-0.15, -0.1) is 0 Å². The number of hydrogen-bond donors (Lipinski definition) is 7. The smallest absolute Gasteiger partial charge is 0.315 e. The summed E-state index contributed by atoms with van der Waals surface area (Å²) in [6.07, 6.45) is 5.15. The first kappa shape index (κ1) is 36.3. The zero-order chi connectivity index (χ0) is 34.6. The van der Waals surface area contributed by atoms with Crippen LogP contribution in [0.25, 0.3) is 0 Å². The molecule has 5 rings (SSSR count). The van der Waals surface area contributed by atoms with Crippen molar-refractivity contribution in [2.45, 2.75) is 44.1 Å². The molecule has 3 aliphatic rings. The summed E-state index contributed by atoms with van der Waals surface area (Å²) < 4.78 is 27.9. The van der Waals surface area contributed by atoms with Crippen LogP contribution in [0.4, 0.5) is 4.79 Å². The summed E-state index contributed by atoms with van der Waals surface area (Å²) in [5.41, 5.74) is 7.80. The Hall–Kier alpha value is -3.98. The molecule has 8 N–H and O–H groups in total. The van der Waals surface area contributed by atoms with Crippen LogP contribution in [0.3, 0.4) is 0 Å². The Morgan fingerprint density at radius 3 is 2.00 bits per heavy atom. The monoisotopic (exact) mass is 684 g/mol. The first-order valence-electron chi connectivity index (χ1n) is 17.4. The molecule has 2 heterocycles. The third kappa shape index (κ3) is 8.98. The molecule has 2 unspecified atom stereocenters. The van der Waals surface area contributed by atoms with Gasteiger partial charge in [0, 0.05) is 18.4 Å². The van der Waals surface area contributed by atoms with Crippen molar-refractivity contribution in [2.24, 2.45) is 17.6 Å². The molecule has 270 valence electrons. The molecule has 4 atom stereocenters. The highest BCUT2D eigenvalue weighted by Gasteiger charge is 2.53. The summed E-state index contributed by atoms with van der Waals surface area (Å²) in [5, 5.41) is 27.0. The van der Waals surface area contributed by atoms with Gasteiger partial charge in [0.25, 0.3) is 0 Å². The number of amides is 2. The van der Waals surface area contributed by atoms with E-state index in [1.54, 1.807) is 12.1 Å². The number of nitrogens with two attached hydrogens (primary N) is 1. The molecule has 49 heavy (non-hydrogen) atoms. The van der Waals surface area contributed by atoms with E-state index in [9.17, 15) is 14.7 Å². The Balaban J connectivity index is 1.14. The predicted molar refractivity (Wildman–Crippen MR) is 184 cm³/mol. The molecule has 2 aromatic carbocycles. The van der Waals surface area contributed by atoms with E-state index in [0.717, 1.165) is 89.0 Å². The van der Waals surface area contributed by atoms with Crippen molar-refractivity contribution in [3.63, 3.8) is 0 Å². The summed E-state index contributed by atoms with van der Waals surface area (Å²) in [5.74, 6) is -0.364. The summed E-state index contributed by atoms with van der Waals surface area (Å²) in [6.45, 7) is 7.19. The van der Waals surface area contributed by atoms with E-state index in [1.165, 1.54) is 14.2 Å². The van der Waals surface area contributed by atoms with Gasteiger partial charge < -0.3 is 61.1 Å². The van der Waals surface area contributed by atoms with Crippen molar-refractivity contribution < 1.29 is 38.4 Å². The number of benzene rings is 2. The number of phenols is 1. The molecule has 0 bridgehead atoms. The molecule has 14 nitrogen and oxygen atoms in total. The molecular weight excluding hydrogens is 632 g/mol. The fourth-order valence-corrected chi connectivity index (χ4v) is 6.89. The lowest BCUT2D eigenvalue weighted by molar-refractivity contribution is -0.141. The third-order valence-corrected chi connectivity index (χ3v) is 9.37. The summed E-state index contributed by atoms with van der Waals surface area (Å²) >= 11 is 0. The average molecular weight is 685 g/mol. The normalized spacial score (nSPS) is 20.3. The van der Waals surface area contributed by atoms with Crippen molar-refractivity contribution in [3.8, 4) is 28.7 Å². The van der Waals surface area contributed by atoms with Crippen LogP contribution in [0.5, 0.6) is 28.7 Å². The van der Waals surface area contributed by atoms with E-state index in [-0.39, 0.29) is 48.6 Å². The van der Waals surface area contributed by atoms with Crippen LogP contribution in [0.15, 0.2) is 24.3 Å². The van der Waals surface area contributed by atoms with Gasteiger partial charge in [-0.2, -0.15) is 0 Å². The summed E-state index contributed by atoms with van der Waals surface area (Å²) in [7, 11) is 2.92. The van der Waals surface area contributed by atoms with Gasteiger partial charge in [0.1, 0.15) is 0 Å². The Morgan fingerprint density at radius 2 is 1.39 bits per heavy atom. The Kier molecular flexibility index (Phi) is 13.4. The minimum absolute atomic E-state index is 0.0793. The fourth-order valence-electron chi connectivity index (χ4n) is 6.89. The van der Waals surface area contributed by atoms with E-state index in [0.29, 0.717) is 23.6 Å². The van der Waals surface area contributed by atoms with Crippen LogP contribution >= 0.6 is 0 Å². The average Bonchev–Trinajstić information content (AvgIpc) is 3.73. The van der Waals surface area contributed by atoms with E-state index in [2.05, 4.69) is 26.6 Å². The standard InChI is InChI=1S/C35H52N6O8/c1-45-28-16-22(17-29(46-2)33(28)42)30-23-18-26-27(49-21-48-26)19-24(23)32(25-20-47-34(43)31(25)30)41-35(44)40-15-7-14-39-13-6-12-38-10-4-3-9-37-11-5-8-36/h16-19,25,30-32,37-39,42H,3-15,20-21,36H2,1-2H3,(H2,40,41,44)/t25?,30-,31+,32?/m1/s1. The van der Waals surface area contributed by atoms with E-state index >= 15 is 0 Å². The number of urea groups is 1. The van der Waals surface area contributed by atoms with Crippen molar-refractivity contribution in [3.05, 3.63) is 41.0 Å². The minimum Gasteiger partial charge on any atom is -0.502 e. The quantitative estimate of drug-likeness (QED) is 0.0797. The zero-order valence-corrected chi connectivity index (χ0v) is 28.6. The van der Waals surface area contributed by atoms with Gasteiger partial charge in [-0.1, -0.05) is 0 Å². The minimum atomic E-state index is -0.612. The van der Waals surface area contributed by atoms with E-state index < -0.39 is 17.9 Å². The second kappa shape index (κ2) is 18.1. The Morgan fingerprint density at radius 1 is 0.816 bits per heavy atom. The lowest BCUT2D eigenvalue weighted by Gasteiger charge is -2.39. The number of aromatic hydroxyl groups is 1. The van der Waals surface area contributed by atoms with Gasteiger partial charge in [0.05, 0.1) is 32.8 Å². The van der Waals surface area contributed by atoms with Crippen LogP contribution in [-0.4, -0.2) is 97.1 Å². The van der Waals surface area contributed by atoms with Gasteiger partial charge in [0.15, 0.2) is 23.0 Å². The van der Waals surface area contributed by atoms with Crippen LogP contribution in [0, 0.1) is 11.8 Å². The number of unbranched alkanes of at least 4 members (excludes halogenated alkanes) is 1. The Bertz CT molecular complexity index is 1390. The number of methoxy groups -OCH3 is 2. The van der Waals surface area contributed by atoms with E-state index in [4.69, 9.17) is 29.4 Å². The highest BCUT2D eigenvalue weighted by Crippen LogP contribution is 2.55. The van der Waals surface area contributed by atoms with Crippen LogP contribution < -0.4 is 51.3 Å². The van der Waals surface area contributed by atoms with Crippen molar-refractivity contribution in [2.75, 3.05) is 80.0 Å². The summed E-state index contributed by atoms with van der Waals surface area (Å²) in [6, 6.07) is 6.32. The molecular formula is C35H52N6O8. The van der Waals surface area contributed by atoms with Gasteiger partial charge in [-0.3, -0.25) is 4.79 Å². The fraction of sp³-hybridized carbons (Fsp3) is 0.600. The number of cyclic esters (lactones) is 1. The number of nitrogens with one attached hydrogen (secondary N) is 5. The lowest BCUT2D eigenvalue weighted by atomic mass is 9.65. The zero-order valence-electron chi connectivity index (χ0n) is 28.6. The third-order valence-electron chi connectivity index (χ3n) is 9.37. The number of rotatable bonds is 20. The number of hydrogen-bond acceptors (Lipinski definition) is 12. The maximum atomic E-state index is 13.3. The molecule has 1 saturated heterocycles. The number of phenolic OH excluding ortho intramolecular Hbond substituents is 1. The number of esters is 1. The highest BCUT2D eigenvalue weighted by atomic mass is 16.7. The number of carbonyl (C=O) groups is 2. The molecule has 2 aliphatic heterocycles. The van der Waals surface area contributed by atoms with Crippen LogP contribution in [0.2, 0.25) is 0 Å². The number of ether oxygens (including phenoxy) is 5. The van der Waals surface area contributed by atoms with Crippen molar-refractivity contribution in [1.82, 2.24) is 26.6 Å². The molecule has 0 spiro atoms. The maximum absolute atomic E-state index is 13.3. The molecule has 2 amide bonds. The summed E-state index contributed by atoms with van der Waals surface area (Å²) in [4.78, 5) is 26.6. The second-order valence-corrected chi connectivity index (χ2v) is 12.6. The molecule has 2 aromatic rings. The van der Waals surface area contributed by atoms with E-state index in [1.807, 2.05) is 12.1 Å². The first-order chi connectivity index (χ1) is 24.0. The SMILES string of the molecule is COc1cc([C@@H]2c3cc4c(cc3C(NC(=O)NCCCNCCCNCCCCNCCCN)C3COC(=O)[C@@H]32)OCO4)cc(OC)c1O. The number of fused-ring (bicyclic) bond motifs is 3. The molecule has 1 fully saturated rings. The van der Waals surface area contributed by atoms with Gasteiger partial charge in [-0.25, -0.2) is 4.79 Å². The highest BCUT2D eigenvalue weighted by molar-refractivity contribution is 5.80. The van der Waals surface area contributed by atoms with Crippen LogP contribution in [-0.2, 0) is 9.53 Å².